The van der Waals surface area contributed by atoms with Gasteiger partial charge < -0.3 is 14.6 Å². The van der Waals surface area contributed by atoms with Crippen molar-refractivity contribution in [3.05, 3.63) is 40.8 Å². The quantitative estimate of drug-likeness (QED) is 0.870. The Bertz CT molecular complexity index is 802. The van der Waals surface area contributed by atoms with Gasteiger partial charge in [-0.2, -0.15) is 0 Å². The lowest BCUT2D eigenvalue weighted by Gasteiger charge is -2.26. The number of hydrogen-bond donors (Lipinski definition) is 1. The number of amides is 1. The molecule has 0 fully saturated rings. The van der Waals surface area contributed by atoms with Gasteiger partial charge in [0.2, 0.25) is 0 Å². The molecular weight excluding hydrogens is 326 g/mol. The van der Waals surface area contributed by atoms with E-state index in [1.165, 1.54) is 16.7 Å². The Morgan fingerprint density at radius 3 is 2.77 bits per heavy atom. The van der Waals surface area contributed by atoms with Crippen LogP contribution in [0.5, 0.6) is 0 Å². The first-order valence-electron chi connectivity index (χ1n) is 9.42. The van der Waals surface area contributed by atoms with Crippen LogP contribution in [0.1, 0.15) is 56.8 Å². The molecule has 0 unspecified atom stereocenters. The molecule has 5 heteroatoms. The molecule has 1 aromatic carbocycles. The molecule has 1 amide bonds. The summed E-state index contributed by atoms with van der Waals surface area (Å²) in [7, 11) is 0. The van der Waals surface area contributed by atoms with Crippen molar-refractivity contribution in [2.75, 3.05) is 6.54 Å². The first kappa shape index (κ1) is 18.5. The third-order valence-corrected chi connectivity index (χ3v) is 4.47. The summed E-state index contributed by atoms with van der Waals surface area (Å²) in [4.78, 5) is 22.5. The molecule has 140 valence electrons. The first-order valence-corrected chi connectivity index (χ1v) is 9.42. The zero-order valence-electron chi connectivity index (χ0n) is 16.5. The molecule has 3 rings (SSSR count). The van der Waals surface area contributed by atoms with Gasteiger partial charge in [0.15, 0.2) is 0 Å². The van der Waals surface area contributed by atoms with Crippen LogP contribution in [0.15, 0.2) is 18.2 Å². The van der Waals surface area contributed by atoms with Crippen molar-refractivity contribution < 1.29 is 9.53 Å². The van der Waals surface area contributed by atoms with Crippen molar-refractivity contribution in [3.8, 4) is 11.3 Å². The predicted molar refractivity (Wildman–Crippen MR) is 103 cm³/mol. The molecule has 2 aromatic rings. The van der Waals surface area contributed by atoms with Crippen LogP contribution in [-0.2, 0) is 24.1 Å². The van der Waals surface area contributed by atoms with E-state index < -0.39 is 5.60 Å². The van der Waals surface area contributed by atoms with Gasteiger partial charge in [0.05, 0.1) is 12.2 Å². The average Bonchev–Trinajstić information content (AvgIpc) is 2.95. The number of carbonyl (C=O) groups excluding carboxylic acids is 1. The van der Waals surface area contributed by atoms with E-state index in [1.807, 2.05) is 20.8 Å². The normalized spacial score (nSPS) is 13.1. The van der Waals surface area contributed by atoms with E-state index in [9.17, 15) is 4.79 Å². The summed E-state index contributed by atoms with van der Waals surface area (Å²) >= 11 is 0. The molecule has 1 N–H and O–H groups in total. The predicted octanol–water partition coefficient (Wildman–Crippen LogP) is 4.63. The fourth-order valence-corrected chi connectivity index (χ4v) is 3.37. The molecule has 0 aliphatic heterocycles. The third kappa shape index (κ3) is 4.09. The topological polar surface area (TPSA) is 58.2 Å². The van der Waals surface area contributed by atoms with Crippen LogP contribution in [0.3, 0.4) is 0 Å². The second-order valence-electron chi connectivity index (χ2n) is 8.07. The molecule has 1 aliphatic rings. The highest BCUT2D eigenvalue weighted by Gasteiger charge is 2.25. The SMILES string of the molecule is CCCN(Cc1nc2c([nH]1)CCc1cc(C)ccc1-2)C(=O)OC(C)(C)C. The number of imidazole rings is 1. The van der Waals surface area contributed by atoms with Crippen LogP contribution in [0, 0.1) is 6.92 Å². The molecule has 1 heterocycles. The number of benzene rings is 1. The Balaban J connectivity index is 1.82. The standard InChI is InChI=1S/C21H29N3O2/c1-6-11-24(20(25)26-21(3,4)5)13-18-22-17-10-8-15-12-14(2)7-9-16(15)19(17)23-18/h7,9,12H,6,8,10-11,13H2,1-5H3,(H,22,23). The van der Waals surface area contributed by atoms with Crippen LogP contribution < -0.4 is 0 Å². The Kier molecular flexibility index (Phi) is 5.08. The van der Waals surface area contributed by atoms with E-state index in [4.69, 9.17) is 9.72 Å². The van der Waals surface area contributed by atoms with Crippen LogP contribution in [0.2, 0.25) is 0 Å². The summed E-state index contributed by atoms with van der Waals surface area (Å²) in [6.45, 7) is 10.9. The maximum Gasteiger partial charge on any atom is 0.410 e. The number of rotatable bonds is 4. The second-order valence-corrected chi connectivity index (χ2v) is 8.07. The zero-order chi connectivity index (χ0) is 18.9. The Labute approximate surface area is 155 Å². The van der Waals surface area contributed by atoms with Crippen molar-refractivity contribution in [3.63, 3.8) is 0 Å². The van der Waals surface area contributed by atoms with Crippen LogP contribution in [0.4, 0.5) is 4.79 Å². The Morgan fingerprint density at radius 1 is 1.31 bits per heavy atom. The van der Waals surface area contributed by atoms with E-state index in [2.05, 4.69) is 37.0 Å². The van der Waals surface area contributed by atoms with E-state index in [0.29, 0.717) is 13.1 Å². The van der Waals surface area contributed by atoms with Gasteiger partial charge in [-0.3, -0.25) is 0 Å². The molecule has 0 radical (unpaired) electrons. The molecule has 0 atom stereocenters. The van der Waals surface area contributed by atoms with Gasteiger partial charge in [-0.25, -0.2) is 9.78 Å². The Morgan fingerprint density at radius 2 is 2.08 bits per heavy atom. The number of H-pyrrole nitrogens is 1. The smallest absolute Gasteiger partial charge is 0.410 e. The lowest BCUT2D eigenvalue weighted by Crippen LogP contribution is -2.37. The minimum Gasteiger partial charge on any atom is -0.444 e. The highest BCUT2D eigenvalue weighted by Crippen LogP contribution is 2.32. The summed E-state index contributed by atoms with van der Waals surface area (Å²) in [6, 6.07) is 6.54. The second kappa shape index (κ2) is 7.14. The first-order chi connectivity index (χ1) is 12.3. The summed E-state index contributed by atoms with van der Waals surface area (Å²) in [6.07, 6.45) is 2.57. The number of fused-ring (bicyclic) bond motifs is 3. The highest BCUT2D eigenvalue weighted by molar-refractivity contribution is 5.70. The fraction of sp³-hybridized carbons (Fsp3) is 0.524. The van der Waals surface area contributed by atoms with Crippen LogP contribution in [-0.4, -0.2) is 33.1 Å². The van der Waals surface area contributed by atoms with Crippen molar-refractivity contribution in [1.29, 1.82) is 0 Å². The summed E-state index contributed by atoms with van der Waals surface area (Å²) < 4.78 is 5.54. The number of nitrogens with one attached hydrogen (secondary N) is 1. The van der Waals surface area contributed by atoms with Gasteiger partial charge in [-0.1, -0.05) is 30.7 Å². The summed E-state index contributed by atoms with van der Waals surface area (Å²) in [5.74, 6) is 0.822. The maximum absolute atomic E-state index is 12.5. The number of carbonyl (C=O) groups is 1. The molecule has 0 bridgehead atoms. The number of aromatic nitrogens is 2. The van der Waals surface area contributed by atoms with Gasteiger partial charge in [0.1, 0.15) is 11.4 Å². The van der Waals surface area contributed by atoms with E-state index in [-0.39, 0.29) is 6.09 Å². The van der Waals surface area contributed by atoms with Crippen LogP contribution >= 0.6 is 0 Å². The van der Waals surface area contributed by atoms with Gasteiger partial charge >= 0.3 is 6.09 Å². The minimum atomic E-state index is -0.498. The molecule has 1 aliphatic carbocycles. The van der Waals surface area contributed by atoms with Gasteiger partial charge in [0, 0.05) is 17.8 Å². The number of nitrogens with zero attached hydrogens (tertiary/aromatic N) is 2. The van der Waals surface area contributed by atoms with E-state index >= 15 is 0 Å². The monoisotopic (exact) mass is 355 g/mol. The molecule has 0 saturated heterocycles. The summed E-state index contributed by atoms with van der Waals surface area (Å²) in [5, 5.41) is 0. The van der Waals surface area contributed by atoms with Crippen molar-refractivity contribution >= 4 is 6.09 Å². The van der Waals surface area contributed by atoms with Gasteiger partial charge in [0.25, 0.3) is 0 Å². The van der Waals surface area contributed by atoms with E-state index in [1.54, 1.807) is 4.90 Å². The average molecular weight is 355 g/mol. The van der Waals surface area contributed by atoms with Gasteiger partial charge in [-0.05, 0) is 52.5 Å². The number of aryl methyl sites for hydroxylation is 3. The zero-order valence-corrected chi connectivity index (χ0v) is 16.5. The van der Waals surface area contributed by atoms with Crippen molar-refractivity contribution in [2.45, 2.75) is 66.0 Å². The maximum atomic E-state index is 12.5. The van der Waals surface area contributed by atoms with E-state index in [0.717, 1.165) is 36.5 Å². The Hall–Kier alpha value is -2.30. The lowest BCUT2D eigenvalue weighted by molar-refractivity contribution is 0.0229. The molecule has 0 spiro atoms. The molecule has 5 nitrogen and oxygen atoms in total. The minimum absolute atomic E-state index is 0.287. The lowest BCUT2D eigenvalue weighted by atomic mass is 9.91. The number of aromatic amines is 1. The van der Waals surface area contributed by atoms with Gasteiger partial charge in [-0.15, -0.1) is 0 Å². The van der Waals surface area contributed by atoms with Crippen LogP contribution in [0.25, 0.3) is 11.3 Å². The van der Waals surface area contributed by atoms with Crippen molar-refractivity contribution in [2.24, 2.45) is 0 Å². The third-order valence-electron chi connectivity index (χ3n) is 4.47. The molecule has 26 heavy (non-hydrogen) atoms. The number of hydrogen-bond acceptors (Lipinski definition) is 3. The number of ether oxygens (including phenoxy) is 1. The fourth-order valence-electron chi connectivity index (χ4n) is 3.37. The molecule has 0 saturated carbocycles. The molecule has 1 aromatic heterocycles. The largest absolute Gasteiger partial charge is 0.444 e. The highest BCUT2D eigenvalue weighted by atomic mass is 16.6. The molecular formula is C21H29N3O2. The summed E-state index contributed by atoms with van der Waals surface area (Å²) in [5.41, 5.74) is 5.54. The van der Waals surface area contributed by atoms with Crippen molar-refractivity contribution in [1.82, 2.24) is 14.9 Å².